The molecule has 1 heterocycles. The first-order valence-electron chi connectivity index (χ1n) is 6.77. The van der Waals surface area contributed by atoms with Crippen molar-refractivity contribution in [2.24, 2.45) is 5.92 Å². The van der Waals surface area contributed by atoms with Crippen molar-refractivity contribution in [3.05, 3.63) is 29.8 Å². The molecule has 0 saturated carbocycles. The lowest BCUT2D eigenvalue weighted by atomic mass is 10.0. The molecule has 20 heavy (non-hydrogen) atoms. The smallest absolute Gasteiger partial charge is 0.222 e. The van der Waals surface area contributed by atoms with Gasteiger partial charge in [-0.1, -0.05) is 18.2 Å². The molecule has 1 atom stereocenters. The maximum Gasteiger partial charge on any atom is 0.222 e. The summed E-state index contributed by atoms with van der Waals surface area (Å²) in [6, 6.07) is 7.83. The molecular weight excluding hydrogens is 276 g/mol. The molecule has 0 radical (unpaired) electrons. The summed E-state index contributed by atoms with van der Waals surface area (Å²) in [7, 11) is 3.52. The number of hydrogen-bond donors (Lipinski definition) is 1. The molecule has 0 bridgehead atoms. The third-order valence-electron chi connectivity index (χ3n) is 3.65. The highest BCUT2D eigenvalue weighted by molar-refractivity contribution is 5.85. The predicted molar refractivity (Wildman–Crippen MR) is 82.3 cm³/mol. The molecule has 1 aromatic rings. The van der Waals surface area contributed by atoms with E-state index in [0.717, 1.165) is 30.8 Å². The van der Waals surface area contributed by atoms with E-state index in [1.165, 1.54) is 0 Å². The van der Waals surface area contributed by atoms with E-state index in [9.17, 15) is 4.79 Å². The van der Waals surface area contributed by atoms with E-state index in [1.807, 2.05) is 31.3 Å². The van der Waals surface area contributed by atoms with Gasteiger partial charge in [0.1, 0.15) is 5.75 Å². The SMILES string of the molecule is COc1ccccc1CN(C)C(=O)CC1CCNC1.Cl. The Balaban J connectivity index is 0.00000200. The summed E-state index contributed by atoms with van der Waals surface area (Å²) in [5.74, 6) is 1.54. The lowest BCUT2D eigenvalue weighted by Crippen LogP contribution is -2.28. The Bertz CT molecular complexity index is 434. The number of para-hydroxylation sites is 1. The van der Waals surface area contributed by atoms with Crippen molar-refractivity contribution in [1.29, 1.82) is 0 Å². The lowest BCUT2D eigenvalue weighted by Gasteiger charge is -2.20. The zero-order valence-corrected chi connectivity index (χ0v) is 12.9. The number of carbonyl (C=O) groups is 1. The van der Waals surface area contributed by atoms with Crippen molar-refractivity contribution in [1.82, 2.24) is 10.2 Å². The first-order valence-corrected chi connectivity index (χ1v) is 6.77. The summed E-state index contributed by atoms with van der Waals surface area (Å²) >= 11 is 0. The second-order valence-corrected chi connectivity index (χ2v) is 5.12. The summed E-state index contributed by atoms with van der Waals surface area (Å²) in [6.45, 7) is 2.60. The van der Waals surface area contributed by atoms with Crippen LogP contribution in [0.25, 0.3) is 0 Å². The first kappa shape index (κ1) is 16.8. The van der Waals surface area contributed by atoms with Crippen LogP contribution in [0.4, 0.5) is 0 Å². The van der Waals surface area contributed by atoms with Crippen LogP contribution < -0.4 is 10.1 Å². The molecule has 1 aliphatic rings. The molecule has 1 aliphatic heterocycles. The van der Waals surface area contributed by atoms with Gasteiger partial charge in [-0.3, -0.25) is 4.79 Å². The molecule has 112 valence electrons. The fourth-order valence-corrected chi connectivity index (χ4v) is 2.47. The van der Waals surface area contributed by atoms with Gasteiger partial charge in [-0.15, -0.1) is 12.4 Å². The average Bonchev–Trinajstić information content (AvgIpc) is 2.92. The minimum atomic E-state index is 0. The Morgan fingerprint density at radius 2 is 2.20 bits per heavy atom. The Morgan fingerprint density at radius 3 is 2.85 bits per heavy atom. The Labute approximate surface area is 126 Å². The number of benzene rings is 1. The highest BCUT2D eigenvalue weighted by atomic mass is 35.5. The largest absolute Gasteiger partial charge is 0.496 e. The van der Waals surface area contributed by atoms with Gasteiger partial charge in [-0.05, 0) is 31.5 Å². The summed E-state index contributed by atoms with van der Waals surface area (Å²) in [4.78, 5) is 13.9. The predicted octanol–water partition coefficient (Wildman–Crippen LogP) is 2.08. The molecular formula is C15H23ClN2O2. The number of nitrogens with zero attached hydrogens (tertiary/aromatic N) is 1. The molecule has 1 fully saturated rings. The zero-order valence-electron chi connectivity index (χ0n) is 12.1. The summed E-state index contributed by atoms with van der Waals surface area (Å²) < 4.78 is 5.31. The van der Waals surface area contributed by atoms with Gasteiger partial charge < -0.3 is 15.0 Å². The van der Waals surface area contributed by atoms with Gasteiger partial charge in [-0.2, -0.15) is 0 Å². The van der Waals surface area contributed by atoms with E-state index >= 15 is 0 Å². The molecule has 4 nitrogen and oxygen atoms in total. The van der Waals surface area contributed by atoms with Crippen LogP contribution >= 0.6 is 12.4 Å². The number of rotatable bonds is 5. The summed E-state index contributed by atoms with van der Waals surface area (Å²) in [6.07, 6.45) is 1.74. The molecule has 2 rings (SSSR count). The van der Waals surface area contributed by atoms with Crippen molar-refractivity contribution in [3.8, 4) is 5.75 Å². The normalized spacial score (nSPS) is 17.4. The molecule has 0 spiro atoms. The molecule has 1 aromatic carbocycles. The Kier molecular flexibility index (Phi) is 6.82. The van der Waals surface area contributed by atoms with Crippen LogP contribution in [0.3, 0.4) is 0 Å². The van der Waals surface area contributed by atoms with E-state index < -0.39 is 0 Å². The minimum absolute atomic E-state index is 0. The van der Waals surface area contributed by atoms with E-state index in [2.05, 4.69) is 5.32 Å². The second kappa shape index (κ2) is 8.12. The maximum atomic E-state index is 12.2. The highest BCUT2D eigenvalue weighted by Crippen LogP contribution is 2.20. The summed E-state index contributed by atoms with van der Waals surface area (Å²) in [5.41, 5.74) is 1.05. The van der Waals surface area contributed by atoms with Crippen molar-refractivity contribution < 1.29 is 9.53 Å². The molecule has 5 heteroatoms. The average molecular weight is 299 g/mol. The number of methoxy groups -OCH3 is 1. The van der Waals surface area contributed by atoms with Gasteiger partial charge in [0.15, 0.2) is 0 Å². The molecule has 1 N–H and O–H groups in total. The fourth-order valence-electron chi connectivity index (χ4n) is 2.47. The maximum absolute atomic E-state index is 12.2. The lowest BCUT2D eigenvalue weighted by molar-refractivity contribution is -0.131. The van der Waals surface area contributed by atoms with Crippen molar-refractivity contribution in [3.63, 3.8) is 0 Å². The third kappa shape index (κ3) is 4.39. The quantitative estimate of drug-likeness (QED) is 0.905. The summed E-state index contributed by atoms with van der Waals surface area (Å²) in [5, 5.41) is 3.29. The van der Waals surface area contributed by atoms with E-state index in [-0.39, 0.29) is 18.3 Å². The molecule has 1 amide bonds. The first-order chi connectivity index (χ1) is 9.20. The van der Waals surface area contributed by atoms with Crippen LogP contribution in [0, 0.1) is 5.92 Å². The number of hydrogen-bond acceptors (Lipinski definition) is 3. The fraction of sp³-hybridized carbons (Fsp3) is 0.533. The minimum Gasteiger partial charge on any atom is -0.496 e. The van der Waals surface area contributed by atoms with Crippen molar-refractivity contribution in [2.75, 3.05) is 27.2 Å². The monoisotopic (exact) mass is 298 g/mol. The third-order valence-corrected chi connectivity index (χ3v) is 3.65. The van der Waals surface area contributed by atoms with Gasteiger partial charge >= 0.3 is 0 Å². The van der Waals surface area contributed by atoms with Crippen LogP contribution in [0.2, 0.25) is 0 Å². The number of halogens is 1. The van der Waals surface area contributed by atoms with Gasteiger partial charge in [0, 0.05) is 25.6 Å². The standard InChI is InChI=1S/C15H22N2O2.ClH/c1-17(15(18)9-12-7-8-16-10-12)11-13-5-3-4-6-14(13)19-2;/h3-6,12,16H,7-11H2,1-2H3;1H. The zero-order chi connectivity index (χ0) is 13.7. The van der Waals surface area contributed by atoms with Crippen LogP contribution in [0.5, 0.6) is 5.75 Å². The highest BCUT2D eigenvalue weighted by Gasteiger charge is 2.20. The van der Waals surface area contributed by atoms with Crippen molar-refractivity contribution >= 4 is 18.3 Å². The van der Waals surface area contributed by atoms with E-state index in [4.69, 9.17) is 4.74 Å². The van der Waals surface area contributed by atoms with E-state index in [1.54, 1.807) is 12.0 Å². The van der Waals surface area contributed by atoms with Crippen molar-refractivity contribution in [2.45, 2.75) is 19.4 Å². The van der Waals surface area contributed by atoms with Gasteiger partial charge in [-0.25, -0.2) is 0 Å². The van der Waals surface area contributed by atoms with Crippen LogP contribution in [-0.2, 0) is 11.3 Å². The van der Waals surface area contributed by atoms with Crippen LogP contribution in [-0.4, -0.2) is 38.1 Å². The van der Waals surface area contributed by atoms with Gasteiger partial charge in [0.25, 0.3) is 0 Å². The molecule has 1 unspecified atom stereocenters. The number of carbonyl (C=O) groups excluding carboxylic acids is 1. The Morgan fingerprint density at radius 1 is 1.45 bits per heavy atom. The van der Waals surface area contributed by atoms with Crippen LogP contribution in [0.1, 0.15) is 18.4 Å². The van der Waals surface area contributed by atoms with Gasteiger partial charge in [0.2, 0.25) is 5.91 Å². The van der Waals surface area contributed by atoms with Gasteiger partial charge in [0.05, 0.1) is 7.11 Å². The number of nitrogens with one attached hydrogen (secondary N) is 1. The second-order valence-electron chi connectivity index (χ2n) is 5.12. The van der Waals surface area contributed by atoms with E-state index in [0.29, 0.717) is 18.9 Å². The molecule has 0 aromatic heterocycles. The molecule has 1 saturated heterocycles. The number of amides is 1. The molecule has 0 aliphatic carbocycles. The van der Waals surface area contributed by atoms with Crippen LogP contribution in [0.15, 0.2) is 24.3 Å². The Hall–Kier alpha value is -1.26. The topological polar surface area (TPSA) is 41.6 Å². The number of ether oxygens (including phenoxy) is 1.